The zero-order valence-electron chi connectivity index (χ0n) is 15.1. The van der Waals surface area contributed by atoms with Gasteiger partial charge in [0.05, 0.1) is 18.2 Å². The molecule has 1 aliphatic rings. The predicted octanol–water partition coefficient (Wildman–Crippen LogP) is 2.99. The van der Waals surface area contributed by atoms with Crippen molar-refractivity contribution in [2.75, 3.05) is 11.9 Å². The summed E-state index contributed by atoms with van der Waals surface area (Å²) in [6.45, 7) is 3.47. The topological polar surface area (TPSA) is 94.6 Å². The number of benzene rings is 1. The summed E-state index contributed by atoms with van der Waals surface area (Å²) in [5.74, 6) is -0.800. The molecule has 2 aromatic rings. The van der Waals surface area contributed by atoms with E-state index in [0.717, 1.165) is 10.6 Å². The SMILES string of the molecule is CCOC(=O)C1CCc2nc(NC(=O)c3cccc(OC(C)=O)c3)sc2C1. The van der Waals surface area contributed by atoms with Crippen LogP contribution in [-0.2, 0) is 27.2 Å². The minimum absolute atomic E-state index is 0.151. The molecule has 0 saturated carbocycles. The third kappa shape index (κ3) is 4.71. The lowest BCUT2D eigenvalue weighted by molar-refractivity contribution is -0.148. The Kier molecular flexibility index (Phi) is 5.85. The van der Waals surface area contributed by atoms with Crippen molar-refractivity contribution in [1.82, 2.24) is 4.98 Å². The van der Waals surface area contributed by atoms with Gasteiger partial charge in [-0.1, -0.05) is 6.07 Å². The number of hydrogen-bond donors (Lipinski definition) is 1. The number of esters is 2. The van der Waals surface area contributed by atoms with Gasteiger partial charge in [-0.2, -0.15) is 0 Å². The Morgan fingerprint density at radius 2 is 2.15 bits per heavy atom. The van der Waals surface area contributed by atoms with Gasteiger partial charge in [0, 0.05) is 17.4 Å². The first kappa shape index (κ1) is 19.0. The van der Waals surface area contributed by atoms with Crippen molar-refractivity contribution >= 4 is 34.3 Å². The third-order valence-electron chi connectivity index (χ3n) is 4.14. The van der Waals surface area contributed by atoms with Gasteiger partial charge in [-0.25, -0.2) is 4.98 Å². The van der Waals surface area contributed by atoms with Gasteiger partial charge in [0.25, 0.3) is 5.91 Å². The summed E-state index contributed by atoms with van der Waals surface area (Å²) in [7, 11) is 0. The summed E-state index contributed by atoms with van der Waals surface area (Å²) in [6.07, 6.45) is 1.98. The van der Waals surface area contributed by atoms with Gasteiger partial charge in [0.1, 0.15) is 5.75 Å². The molecular weight excluding hydrogens is 368 g/mol. The summed E-state index contributed by atoms with van der Waals surface area (Å²) in [5.41, 5.74) is 1.29. The van der Waals surface area contributed by atoms with E-state index in [-0.39, 0.29) is 17.8 Å². The quantitative estimate of drug-likeness (QED) is 0.625. The van der Waals surface area contributed by atoms with Crippen LogP contribution in [0.3, 0.4) is 0 Å². The molecule has 1 aromatic heterocycles. The normalized spacial score (nSPS) is 15.6. The predicted molar refractivity (Wildman–Crippen MR) is 100.0 cm³/mol. The molecule has 27 heavy (non-hydrogen) atoms. The molecule has 1 unspecified atom stereocenters. The number of ether oxygens (including phenoxy) is 2. The van der Waals surface area contributed by atoms with Crippen molar-refractivity contribution in [3.8, 4) is 5.75 Å². The van der Waals surface area contributed by atoms with E-state index in [1.165, 1.54) is 24.3 Å². The lowest BCUT2D eigenvalue weighted by atomic mass is 9.91. The molecule has 0 fully saturated rings. The Morgan fingerprint density at radius 3 is 2.89 bits per heavy atom. The summed E-state index contributed by atoms with van der Waals surface area (Å²) in [4.78, 5) is 40.9. The molecule has 1 heterocycles. The molecule has 0 bridgehead atoms. The van der Waals surface area contributed by atoms with Gasteiger partial charge in [-0.3, -0.25) is 19.7 Å². The molecule has 7 nitrogen and oxygen atoms in total. The second kappa shape index (κ2) is 8.30. The minimum atomic E-state index is -0.448. The number of carbonyl (C=O) groups is 3. The van der Waals surface area contributed by atoms with Crippen LogP contribution in [0.1, 0.15) is 41.2 Å². The number of hydrogen-bond acceptors (Lipinski definition) is 7. The fourth-order valence-electron chi connectivity index (χ4n) is 2.93. The van der Waals surface area contributed by atoms with Crippen LogP contribution in [0.25, 0.3) is 0 Å². The average Bonchev–Trinajstić information content (AvgIpc) is 3.02. The van der Waals surface area contributed by atoms with Crippen LogP contribution in [-0.4, -0.2) is 29.4 Å². The summed E-state index contributed by atoms with van der Waals surface area (Å²) in [6, 6.07) is 6.38. The third-order valence-corrected chi connectivity index (χ3v) is 5.17. The van der Waals surface area contributed by atoms with Crippen LogP contribution in [0.4, 0.5) is 5.13 Å². The molecule has 3 rings (SSSR count). The zero-order valence-corrected chi connectivity index (χ0v) is 15.9. The highest BCUT2D eigenvalue weighted by Crippen LogP contribution is 2.33. The fraction of sp³-hybridized carbons (Fsp3) is 0.368. The van der Waals surface area contributed by atoms with E-state index < -0.39 is 5.97 Å². The highest BCUT2D eigenvalue weighted by molar-refractivity contribution is 7.15. The van der Waals surface area contributed by atoms with Crippen molar-refractivity contribution in [1.29, 1.82) is 0 Å². The fourth-order valence-corrected chi connectivity index (χ4v) is 4.01. The van der Waals surface area contributed by atoms with Gasteiger partial charge < -0.3 is 9.47 Å². The number of anilines is 1. The van der Waals surface area contributed by atoms with Gasteiger partial charge in [-0.05, 0) is 44.4 Å². The van der Waals surface area contributed by atoms with Crippen LogP contribution >= 0.6 is 11.3 Å². The van der Waals surface area contributed by atoms with Crippen molar-refractivity contribution in [3.63, 3.8) is 0 Å². The number of rotatable bonds is 5. The summed E-state index contributed by atoms with van der Waals surface area (Å²) in [5, 5.41) is 3.27. The smallest absolute Gasteiger partial charge is 0.309 e. The van der Waals surface area contributed by atoms with E-state index in [0.29, 0.717) is 42.3 Å². The number of carbonyl (C=O) groups excluding carboxylic acids is 3. The number of thiazole rings is 1. The molecule has 1 N–H and O–H groups in total. The molecule has 0 aliphatic heterocycles. The molecule has 0 spiro atoms. The van der Waals surface area contributed by atoms with Crippen molar-refractivity contribution in [2.24, 2.45) is 5.92 Å². The number of nitrogens with one attached hydrogen (secondary N) is 1. The van der Waals surface area contributed by atoms with E-state index in [4.69, 9.17) is 9.47 Å². The first-order valence-corrected chi connectivity index (χ1v) is 9.53. The largest absolute Gasteiger partial charge is 0.466 e. The monoisotopic (exact) mass is 388 g/mol. The summed E-state index contributed by atoms with van der Waals surface area (Å²) >= 11 is 1.38. The first-order chi connectivity index (χ1) is 13.0. The Bertz CT molecular complexity index is 877. The molecular formula is C19H20N2O5S. The molecule has 1 amide bonds. The lowest BCUT2D eigenvalue weighted by Gasteiger charge is -2.18. The number of aryl methyl sites for hydroxylation is 1. The average molecular weight is 388 g/mol. The summed E-state index contributed by atoms with van der Waals surface area (Å²) < 4.78 is 10.1. The Balaban J connectivity index is 1.68. The number of amides is 1. The highest BCUT2D eigenvalue weighted by atomic mass is 32.1. The maximum atomic E-state index is 12.5. The first-order valence-electron chi connectivity index (χ1n) is 8.71. The second-order valence-electron chi connectivity index (χ2n) is 6.16. The highest BCUT2D eigenvalue weighted by Gasteiger charge is 2.28. The van der Waals surface area contributed by atoms with Crippen molar-refractivity contribution in [2.45, 2.75) is 33.1 Å². The van der Waals surface area contributed by atoms with Gasteiger partial charge in [-0.15, -0.1) is 11.3 Å². The molecule has 142 valence electrons. The van der Waals surface area contributed by atoms with Crippen LogP contribution in [0.15, 0.2) is 24.3 Å². The Morgan fingerprint density at radius 1 is 1.33 bits per heavy atom. The number of aromatic nitrogens is 1. The molecule has 1 aromatic carbocycles. The minimum Gasteiger partial charge on any atom is -0.466 e. The molecule has 0 saturated heterocycles. The van der Waals surface area contributed by atoms with E-state index in [1.807, 2.05) is 0 Å². The zero-order chi connectivity index (χ0) is 19.4. The van der Waals surface area contributed by atoms with Crippen LogP contribution in [0.5, 0.6) is 5.75 Å². The maximum Gasteiger partial charge on any atom is 0.309 e. The molecule has 1 aliphatic carbocycles. The van der Waals surface area contributed by atoms with Crippen LogP contribution in [0.2, 0.25) is 0 Å². The van der Waals surface area contributed by atoms with Gasteiger partial charge >= 0.3 is 11.9 Å². The molecule has 8 heteroatoms. The number of nitrogens with zero attached hydrogens (tertiary/aromatic N) is 1. The van der Waals surface area contributed by atoms with E-state index >= 15 is 0 Å². The van der Waals surface area contributed by atoms with Crippen molar-refractivity contribution < 1.29 is 23.9 Å². The van der Waals surface area contributed by atoms with Gasteiger partial charge in [0.15, 0.2) is 5.13 Å². The molecule has 0 radical (unpaired) electrons. The van der Waals surface area contributed by atoms with E-state index in [9.17, 15) is 14.4 Å². The second-order valence-corrected chi connectivity index (χ2v) is 7.24. The Hall–Kier alpha value is -2.74. The van der Waals surface area contributed by atoms with Crippen LogP contribution in [0, 0.1) is 5.92 Å². The maximum absolute atomic E-state index is 12.5. The number of fused-ring (bicyclic) bond motifs is 1. The Labute approximate surface area is 160 Å². The van der Waals surface area contributed by atoms with Crippen molar-refractivity contribution in [3.05, 3.63) is 40.4 Å². The molecule has 1 atom stereocenters. The van der Waals surface area contributed by atoms with E-state index in [1.54, 1.807) is 25.1 Å². The standard InChI is InChI=1S/C19H20N2O5S/c1-3-25-18(24)13-7-8-15-16(10-13)27-19(20-15)21-17(23)12-5-4-6-14(9-12)26-11(2)22/h4-6,9,13H,3,7-8,10H2,1-2H3,(H,20,21,23). The van der Waals surface area contributed by atoms with Crippen LogP contribution < -0.4 is 10.1 Å². The lowest BCUT2D eigenvalue weighted by Crippen LogP contribution is -2.24. The van der Waals surface area contributed by atoms with E-state index in [2.05, 4.69) is 10.3 Å². The van der Waals surface area contributed by atoms with Gasteiger partial charge in [0.2, 0.25) is 0 Å².